The molecule has 4 rings (SSSR count). The average molecular weight is 396 g/mol. The molecule has 0 saturated heterocycles. The van der Waals surface area contributed by atoms with E-state index in [2.05, 4.69) is 5.92 Å². The number of halogens is 4. The van der Waals surface area contributed by atoms with Gasteiger partial charge < -0.3 is 9.84 Å². The first-order valence-electron chi connectivity index (χ1n) is 8.17. The number of carbonyl (C=O) groups is 2. The number of rotatable bonds is 2. The molecule has 1 aromatic carbocycles. The van der Waals surface area contributed by atoms with E-state index in [4.69, 9.17) is 11.2 Å². The molecule has 1 N–H and O–H groups in total. The quantitative estimate of drug-likeness (QED) is 0.612. The highest BCUT2D eigenvalue weighted by Gasteiger charge is 2.58. The molecule has 2 amide bonds. The van der Waals surface area contributed by atoms with E-state index in [0.717, 1.165) is 17.0 Å². The molecule has 1 spiro atoms. The monoisotopic (exact) mass is 396 g/mol. The molecule has 1 aromatic rings. The average Bonchev–Trinajstić information content (AvgIpc) is 3.30. The van der Waals surface area contributed by atoms with Crippen molar-refractivity contribution in [3.8, 4) is 18.1 Å². The van der Waals surface area contributed by atoms with Crippen LogP contribution in [-0.2, 0) is 9.59 Å². The van der Waals surface area contributed by atoms with Crippen LogP contribution in [0.5, 0.6) is 5.75 Å². The predicted molar refractivity (Wildman–Crippen MR) is 87.8 cm³/mol. The molecule has 0 bridgehead atoms. The lowest BCUT2D eigenvalue weighted by Crippen LogP contribution is -2.48. The zero-order valence-electron chi connectivity index (χ0n) is 14.1. The third kappa shape index (κ3) is 2.54. The van der Waals surface area contributed by atoms with Gasteiger partial charge in [0.2, 0.25) is 0 Å². The lowest BCUT2D eigenvalue weighted by Gasteiger charge is -2.35. The molecular weight excluding hydrogens is 384 g/mol. The largest absolute Gasteiger partial charge is 0.475 e. The first-order valence-corrected chi connectivity index (χ1v) is 8.17. The molecule has 1 unspecified atom stereocenters. The Labute approximate surface area is 156 Å². The fourth-order valence-corrected chi connectivity index (χ4v) is 3.31. The van der Waals surface area contributed by atoms with Crippen molar-refractivity contribution in [1.29, 1.82) is 0 Å². The van der Waals surface area contributed by atoms with Gasteiger partial charge in [-0.1, -0.05) is 5.92 Å². The molecule has 0 aromatic heterocycles. The van der Waals surface area contributed by atoms with Crippen LogP contribution in [0.2, 0.25) is 0 Å². The van der Waals surface area contributed by atoms with E-state index < -0.39 is 46.9 Å². The van der Waals surface area contributed by atoms with Gasteiger partial charge >= 0.3 is 6.18 Å². The topological polar surface area (TPSA) is 70.1 Å². The van der Waals surface area contributed by atoms with Gasteiger partial charge in [-0.05, 0) is 6.07 Å². The minimum atomic E-state index is -4.97. The number of terminal acetylenes is 1. The number of fused-ring (bicyclic) bond motifs is 1. The van der Waals surface area contributed by atoms with Crippen molar-refractivity contribution >= 4 is 23.2 Å². The fourth-order valence-electron chi connectivity index (χ4n) is 3.31. The molecule has 28 heavy (non-hydrogen) atoms. The maximum Gasteiger partial charge on any atom is 0.417 e. The molecule has 1 saturated carbocycles. The number of carbonyl (C=O) groups excluding carboxylic acids is 2. The number of alkyl halides is 3. The van der Waals surface area contributed by atoms with E-state index in [0.29, 0.717) is 12.8 Å². The lowest BCUT2D eigenvalue weighted by molar-refractivity contribution is -0.128. The van der Waals surface area contributed by atoms with E-state index in [-0.39, 0.29) is 29.0 Å². The smallest absolute Gasteiger partial charge is 0.417 e. The lowest BCUT2D eigenvalue weighted by atomic mass is 10.1. The van der Waals surface area contributed by atoms with Crippen LogP contribution in [0.1, 0.15) is 12.8 Å². The maximum absolute atomic E-state index is 14.6. The van der Waals surface area contributed by atoms with Gasteiger partial charge in [0, 0.05) is 25.0 Å². The number of aliphatic hydroxyl groups is 1. The predicted octanol–water partition coefficient (Wildman–Crippen LogP) is 1.87. The Balaban J connectivity index is 1.79. The second kappa shape index (κ2) is 5.72. The zero-order valence-corrected chi connectivity index (χ0v) is 14.1. The van der Waals surface area contributed by atoms with Gasteiger partial charge in [0.1, 0.15) is 5.75 Å². The molecule has 1 fully saturated rings. The summed E-state index contributed by atoms with van der Waals surface area (Å²) in [5.74, 6) is -0.508. The van der Waals surface area contributed by atoms with Crippen molar-refractivity contribution in [3.05, 3.63) is 29.6 Å². The molecule has 6 nitrogen and oxygen atoms in total. The van der Waals surface area contributed by atoms with Crippen LogP contribution in [-0.4, -0.2) is 41.5 Å². The molecule has 1 aliphatic carbocycles. The van der Waals surface area contributed by atoms with Crippen molar-refractivity contribution in [2.45, 2.75) is 30.8 Å². The Morgan fingerprint density at radius 1 is 1.29 bits per heavy atom. The van der Waals surface area contributed by atoms with Crippen molar-refractivity contribution in [2.24, 2.45) is 0 Å². The summed E-state index contributed by atoms with van der Waals surface area (Å²) in [6.07, 6.45) is -1.04. The van der Waals surface area contributed by atoms with Crippen LogP contribution < -0.4 is 14.5 Å². The SMILES string of the molecule is C#CCN1C(=O)C2(CC2)Oc2cc(F)c(N3C(=O)C=C(C(F)(F)F)C3O)cc21. The van der Waals surface area contributed by atoms with Crippen LogP contribution in [0, 0.1) is 18.2 Å². The molecular formula is C18H12F4N2O4. The van der Waals surface area contributed by atoms with Gasteiger partial charge in [0.15, 0.2) is 17.6 Å². The second-order valence-corrected chi connectivity index (χ2v) is 6.64. The molecule has 2 heterocycles. The second-order valence-electron chi connectivity index (χ2n) is 6.64. The normalized spacial score (nSPS) is 22.7. The summed E-state index contributed by atoms with van der Waals surface area (Å²) in [6, 6.07) is 1.84. The number of ether oxygens (including phenoxy) is 1. The summed E-state index contributed by atoms with van der Waals surface area (Å²) in [5, 5.41) is 9.96. The van der Waals surface area contributed by atoms with Crippen molar-refractivity contribution < 1.29 is 37.0 Å². The summed E-state index contributed by atoms with van der Waals surface area (Å²) in [6.45, 7) is -0.176. The highest BCUT2D eigenvalue weighted by molar-refractivity contribution is 6.08. The number of aliphatic hydroxyl groups excluding tert-OH is 1. The van der Waals surface area contributed by atoms with Crippen LogP contribution in [0.15, 0.2) is 23.8 Å². The molecule has 146 valence electrons. The third-order valence-corrected chi connectivity index (χ3v) is 4.84. The first kappa shape index (κ1) is 18.3. The minimum Gasteiger partial charge on any atom is -0.475 e. The summed E-state index contributed by atoms with van der Waals surface area (Å²) < 4.78 is 59.1. The summed E-state index contributed by atoms with van der Waals surface area (Å²) in [7, 11) is 0. The van der Waals surface area contributed by atoms with Gasteiger partial charge in [0.25, 0.3) is 11.8 Å². The number of amides is 2. The number of hydrogen-bond acceptors (Lipinski definition) is 4. The number of anilines is 2. The number of nitrogens with zero attached hydrogens (tertiary/aromatic N) is 2. The molecule has 2 aliphatic heterocycles. The van der Waals surface area contributed by atoms with Crippen molar-refractivity contribution in [3.63, 3.8) is 0 Å². The summed E-state index contributed by atoms with van der Waals surface area (Å²) in [5.41, 5.74) is -3.24. The van der Waals surface area contributed by atoms with E-state index in [1.807, 2.05) is 0 Å². The van der Waals surface area contributed by atoms with E-state index >= 15 is 0 Å². The van der Waals surface area contributed by atoms with E-state index in [9.17, 15) is 32.3 Å². The van der Waals surface area contributed by atoms with E-state index in [1.54, 1.807) is 0 Å². The molecule has 0 radical (unpaired) electrons. The van der Waals surface area contributed by atoms with Crippen molar-refractivity contribution in [1.82, 2.24) is 0 Å². The van der Waals surface area contributed by atoms with E-state index in [1.165, 1.54) is 0 Å². The highest BCUT2D eigenvalue weighted by Crippen LogP contribution is 2.51. The van der Waals surface area contributed by atoms with Crippen LogP contribution in [0.4, 0.5) is 28.9 Å². The Hall–Kier alpha value is -3.06. The minimum absolute atomic E-state index is 0.0114. The summed E-state index contributed by atoms with van der Waals surface area (Å²) >= 11 is 0. The Morgan fingerprint density at radius 3 is 2.50 bits per heavy atom. The number of benzene rings is 1. The van der Waals surface area contributed by atoms with Crippen LogP contribution in [0.3, 0.4) is 0 Å². The fraction of sp³-hybridized carbons (Fsp3) is 0.333. The van der Waals surface area contributed by atoms with Crippen molar-refractivity contribution in [2.75, 3.05) is 16.3 Å². The molecule has 3 aliphatic rings. The first-order chi connectivity index (χ1) is 13.1. The van der Waals surface area contributed by atoms with Gasteiger partial charge in [-0.3, -0.25) is 19.4 Å². The standard InChI is InChI=1S/C18H12F4N2O4/c1-2-5-23-12-8-11(24-14(25)6-9(15(24)26)18(20,21)22)10(19)7-13(12)28-17(3-4-17)16(23)27/h1,6-8,15,26H,3-5H2. The van der Waals surface area contributed by atoms with Gasteiger partial charge in [-0.25, -0.2) is 4.39 Å². The molecule has 10 heteroatoms. The summed E-state index contributed by atoms with van der Waals surface area (Å²) in [4.78, 5) is 26.1. The highest BCUT2D eigenvalue weighted by atomic mass is 19.4. The third-order valence-electron chi connectivity index (χ3n) is 4.84. The van der Waals surface area contributed by atoms with Gasteiger partial charge in [-0.2, -0.15) is 13.2 Å². The Kier molecular flexibility index (Phi) is 3.74. The van der Waals surface area contributed by atoms with Gasteiger partial charge in [-0.15, -0.1) is 6.42 Å². The Morgan fingerprint density at radius 2 is 1.96 bits per heavy atom. The maximum atomic E-state index is 14.6. The van der Waals surface area contributed by atoms with Gasteiger partial charge in [0.05, 0.1) is 23.5 Å². The molecule has 1 atom stereocenters. The number of hydrogen-bond donors (Lipinski definition) is 1. The zero-order chi connectivity index (χ0) is 20.4. The Bertz CT molecular complexity index is 975. The van der Waals surface area contributed by atoms with Crippen LogP contribution >= 0.6 is 0 Å². The van der Waals surface area contributed by atoms with Crippen LogP contribution in [0.25, 0.3) is 0 Å².